The summed E-state index contributed by atoms with van der Waals surface area (Å²) in [5.41, 5.74) is 0. The Labute approximate surface area is 85.5 Å². The molecule has 0 aliphatic carbocycles. The summed E-state index contributed by atoms with van der Waals surface area (Å²) in [6.07, 6.45) is 2.17. The first-order valence-corrected chi connectivity index (χ1v) is 5.34. The molecule has 0 saturated carbocycles. The van der Waals surface area contributed by atoms with Gasteiger partial charge >= 0.3 is 0 Å². The summed E-state index contributed by atoms with van der Waals surface area (Å²) in [4.78, 5) is 24.7. The van der Waals surface area contributed by atoms with Crippen LogP contribution in [-0.4, -0.2) is 30.2 Å². The summed E-state index contributed by atoms with van der Waals surface area (Å²) in [6, 6.07) is 0. The van der Waals surface area contributed by atoms with E-state index in [-0.39, 0.29) is 17.7 Å². The molecule has 2 unspecified atom stereocenters. The number of Topliss-reactive ketones (excluding diaryl/α,β-unsaturated/α-hetero) is 1. The molecule has 0 aromatic rings. The summed E-state index contributed by atoms with van der Waals surface area (Å²) in [5, 5.41) is 0. The summed E-state index contributed by atoms with van der Waals surface area (Å²) in [7, 11) is 1.78. The van der Waals surface area contributed by atoms with Crippen LogP contribution in [0.15, 0.2) is 0 Å². The molecule has 80 valence electrons. The molecule has 2 atom stereocenters. The highest BCUT2D eigenvalue weighted by Crippen LogP contribution is 2.21. The number of nitrogens with zero attached hydrogens (tertiary/aromatic N) is 1. The van der Waals surface area contributed by atoms with Gasteiger partial charge in [-0.3, -0.25) is 9.59 Å². The fourth-order valence-electron chi connectivity index (χ4n) is 1.85. The lowest BCUT2D eigenvalue weighted by atomic mass is 9.86. The first-order valence-electron chi connectivity index (χ1n) is 5.34. The maximum absolute atomic E-state index is 11.8. The number of hydrogen-bond acceptors (Lipinski definition) is 2. The highest BCUT2D eigenvalue weighted by atomic mass is 16.2. The SMILES string of the molecule is CCC(C)C(=O)C1CCC(=O)N(C)C1. The third-order valence-electron chi connectivity index (χ3n) is 3.13. The van der Waals surface area contributed by atoms with Crippen LogP contribution in [0.1, 0.15) is 33.1 Å². The molecule has 3 nitrogen and oxygen atoms in total. The van der Waals surface area contributed by atoms with Gasteiger partial charge in [0.15, 0.2) is 0 Å². The number of rotatable bonds is 3. The van der Waals surface area contributed by atoms with Gasteiger partial charge in [0.25, 0.3) is 0 Å². The van der Waals surface area contributed by atoms with Crippen molar-refractivity contribution in [3.63, 3.8) is 0 Å². The summed E-state index contributed by atoms with van der Waals surface area (Å²) in [5.74, 6) is 0.708. The molecule has 0 spiro atoms. The molecule has 3 heteroatoms. The Morgan fingerprint density at radius 2 is 2.29 bits per heavy atom. The van der Waals surface area contributed by atoms with Crippen LogP contribution < -0.4 is 0 Å². The van der Waals surface area contributed by atoms with Crippen molar-refractivity contribution < 1.29 is 9.59 Å². The standard InChI is InChI=1S/C11H19NO2/c1-4-8(2)11(14)9-5-6-10(13)12(3)7-9/h8-9H,4-7H2,1-3H3. The van der Waals surface area contributed by atoms with E-state index in [9.17, 15) is 9.59 Å². The van der Waals surface area contributed by atoms with Crippen LogP contribution in [0.25, 0.3) is 0 Å². The van der Waals surface area contributed by atoms with E-state index < -0.39 is 0 Å². The van der Waals surface area contributed by atoms with E-state index >= 15 is 0 Å². The maximum Gasteiger partial charge on any atom is 0.222 e. The minimum Gasteiger partial charge on any atom is -0.345 e. The number of piperidine rings is 1. The van der Waals surface area contributed by atoms with Crippen LogP contribution in [0, 0.1) is 11.8 Å². The minimum absolute atomic E-state index is 0.0765. The second kappa shape index (κ2) is 4.58. The third-order valence-corrected chi connectivity index (χ3v) is 3.13. The van der Waals surface area contributed by atoms with Gasteiger partial charge in [-0.2, -0.15) is 0 Å². The average Bonchev–Trinajstić information content (AvgIpc) is 2.20. The predicted octanol–water partition coefficient (Wildman–Crippen LogP) is 1.47. The third kappa shape index (κ3) is 2.34. The number of carbonyl (C=O) groups is 2. The topological polar surface area (TPSA) is 37.4 Å². The van der Waals surface area contributed by atoms with Crippen molar-refractivity contribution in [1.29, 1.82) is 0 Å². The second-order valence-electron chi connectivity index (χ2n) is 4.22. The number of ketones is 1. The van der Waals surface area contributed by atoms with Crippen molar-refractivity contribution in [3.05, 3.63) is 0 Å². The van der Waals surface area contributed by atoms with Gasteiger partial charge in [0.2, 0.25) is 5.91 Å². The number of carbonyl (C=O) groups excluding carboxylic acids is 2. The first-order chi connectivity index (χ1) is 6.56. The highest BCUT2D eigenvalue weighted by molar-refractivity contribution is 5.86. The van der Waals surface area contributed by atoms with Crippen molar-refractivity contribution in [2.45, 2.75) is 33.1 Å². The number of likely N-dealkylation sites (tertiary alicyclic amines) is 1. The van der Waals surface area contributed by atoms with Gasteiger partial charge in [-0.25, -0.2) is 0 Å². The first kappa shape index (κ1) is 11.2. The lowest BCUT2D eigenvalue weighted by Gasteiger charge is -2.30. The highest BCUT2D eigenvalue weighted by Gasteiger charge is 2.29. The largest absolute Gasteiger partial charge is 0.345 e. The second-order valence-corrected chi connectivity index (χ2v) is 4.22. The molecule has 1 amide bonds. The molecule has 1 rings (SSSR count). The van der Waals surface area contributed by atoms with E-state index in [4.69, 9.17) is 0 Å². The number of amides is 1. The monoisotopic (exact) mass is 197 g/mol. The van der Waals surface area contributed by atoms with E-state index in [1.54, 1.807) is 11.9 Å². The van der Waals surface area contributed by atoms with Gasteiger partial charge in [0.1, 0.15) is 5.78 Å². The molecule has 0 bridgehead atoms. The van der Waals surface area contributed by atoms with E-state index in [1.165, 1.54) is 0 Å². The Morgan fingerprint density at radius 1 is 1.64 bits per heavy atom. The average molecular weight is 197 g/mol. The molecule has 1 heterocycles. The fourth-order valence-corrected chi connectivity index (χ4v) is 1.85. The Morgan fingerprint density at radius 3 is 2.79 bits per heavy atom. The van der Waals surface area contributed by atoms with Crippen molar-refractivity contribution in [1.82, 2.24) is 4.90 Å². The van der Waals surface area contributed by atoms with Crippen LogP contribution in [0.2, 0.25) is 0 Å². The zero-order valence-electron chi connectivity index (χ0n) is 9.25. The quantitative estimate of drug-likeness (QED) is 0.687. The van der Waals surface area contributed by atoms with Crippen LogP contribution >= 0.6 is 0 Å². The lowest BCUT2D eigenvalue weighted by Crippen LogP contribution is -2.41. The van der Waals surface area contributed by atoms with Gasteiger partial charge in [-0.1, -0.05) is 13.8 Å². The van der Waals surface area contributed by atoms with Gasteiger partial charge < -0.3 is 4.90 Å². The summed E-state index contributed by atoms with van der Waals surface area (Å²) >= 11 is 0. The Balaban J connectivity index is 2.54. The van der Waals surface area contributed by atoms with Crippen LogP contribution in [-0.2, 0) is 9.59 Å². The summed E-state index contributed by atoms with van der Waals surface area (Å²) < 4.78 is 0. The normalized spacial score (nSPS) is 24.9. The molecule has 1 aliphatic heterocycles. The zero-order valence-corrected chi connectivity index (χ0v) is 9.25. The summed E-state index contributed by atoms with van der Waals surface area (Å²) in [6.45, 7) is 4.61. The molecule has 1 fully saturated rings. The van der Waals surface area contributed by atoms with Crippen LogP contribution in [0.3, 0.4) is 0 Å². The molecular formula is C11H19NO2. The molecule has 0 N–H and O–H groups in total. The lowest BCUT2D eigenvalue weighted by molar-refractivity contribution is -0.137. The van der Waals surface area contributed by atoms with Crippen LogP contribution in [0.5, 0.6) is 0 Å². The van der Waals surface area contributed by atoms with Crippen molar-refractivity contribution in [2.75, 3.05) is 13.6 Å². The Hall–Kier alpha value is -0.860. The smallest absolute Gasteiger partial charge is 0.222 e. The predicted molar refractivity (Wildman–Crippen MR) is 54.8 cm³/mol. The van der Waals surface area contributed by atoms with Gasteiger partial charge in [-0.15, -0.1) is 0 Å². The van der Waals surface area contributed by atoms with Crippen molar-refractivity contribution >= 4 is 11.7 Å². The minimum atomic E-state index is 0.0765. The number of hydrogen-bond donors (Lipinski definition) is 0. The molecule has 1 saturated heterocycles. The van der Waals surface area contributed by atoms with Crippen molar-refractivity contribution in [2.24, 2.45) is 11.8 Å². The molecule has 0 aromatic heterocycles. The molecule has 1 aliphatic rings. The van der Waals surface area contributed by atoms with Gasteiger partial charge in [0.05, 0.1) is 0 Å². The zero-order chi connectivity index (χ0) is 10.7. The fraction of sp³-hybridized carbons (Fsp3) is 0.818. The Bertz CT molecular complexity index is 237. The van der Waals surface area contributed by atoms with E-state index in [2.05, 4.69) is 0 Å². The molecule has 0 radical (unpaired) electrons. The maximum atomic E-state index is 11.8. The van der Waals surface area contributed by atoms with E-state index in [1.807, 2.05) is 13.8 Å². The van der Waals surface area contributed by atoms with Gasteiger partial charge in [-0.05, 0) is 12.8 Å². The van der Waals surface area contributed by atoms with E-state index in [0.717, 1.165) is 12.8 Å². The Kier molecular flexibility index (Phi) is 3.67. The van der Waals surface area contributed by atoms with Crippen LogP contribution in [0.4, 0.5) is 0 Å². The molecule has 0 aromatic carbocycles. The van der Waals surface area contributed by atoms with E-state index in [0.29, 0.717) is 18.7 Å². The van der Waals surface area contributed by atoms with Gasteiger partial charge in [0, 0.05) is 31.8 Å². The molecule has 14 heavy (non-hydrogen) atoms. The molecular weight excluding hydrogens is 178 g/mol. The van der Waals surface area contributed by atoms with Crippen molar-refractivity contribution in [3.8, 4) is 0 Å².